The zero-order valence-corrected chi connectivity index (χ0v) is 15.4. The second-order valence-corrected chi connectivity index (χ2v) is 8.71. The highest BCUT2D eigenvalue weighted by Crippen LogP contribution is 2.30. The van der Waals surface area contributed by atoms with Crippen molar-refractivity contribution in [1.29, 1.82) is 0 Å². The monoisotopic (exact) mass is 379 g/mol. The molecule has 1 aromatic rings. The van der Waals surface area contributed by atoms with Crippen molar-refractivity contribution in [2.45, 2.75) is 37.6 Å². The maximum absolute atomic E-state index is 12.4. The van der Waals surface area contributed by atoms with Gasteiger partial charge in [0.1, 0.15) is 5.84 Å². The summed E-state index contributed by atoms with van der Waals surface area (Å²) in [6.07, 6.45) is 0.507. The van der Waals surface area contributed by atoms with Crippen LogP contribution >= 0.6 is 0 Å². The van der Waals surface area contributed by atoms with Gasteiger partial charge in [-0.1, -0.05) is 12.1 Å². The number of hydrogen-bond acceptors (Lipinski definition) is 5. The van der Waals surface area contributed by atoms with Gasteiger partial charge in [-0.3, -0.25) is 19.3 Å². The lowest BCUT2D eigenvalue weighted by atomic mass is 9.90. The maximum atomic E-state index is 12.4. The summed E-state index contributed by atoms with van der Waals surface area (Å²) in [6, 6.07) is 6.10. The average molecular weight is 379 g/mol. The van der Waals surface area contributed by atoms with Crippen molar-refractivity contribution >= 4 is 27.7 Å². The molecule has 2 unspecified atom stereocenters. The summed E-state index contributed by atoms with van der Waals surface area (Å²) in [7, 11) is -3.61. The lowest BCUT2D eigenvalue weighted by Gasteiger charge is -2.21. The SMILES string of the molecule is CC(CC(=O)N1CCC(C)(C(=O)O)C1)N=C1NS(=O)(=O)c2ccccc21. The van der Waals surface area contributed by atoms with E-state index < -0.39 is 27.4 Å². The number of carbonyl (C=O) groups is 2. The third kappa shape index (κ3) is 3.31. The zero-order chi connectivity index (χ0) is 19.1. The van der Waals surface area contributed by atoms with Crippen LogP contribution in [0.15, 0.2) is 34.2 Å². The number of likely N-dealkylation sites (tertiary alicyclic amines) is 1. The number of amidine groups is 1. The fraction of sp³-hybridized carbons (Fsp3) is 0.471. The Bertz CT molecular complexity index is 895. The van der Waals surface area contributed by atoms with Gasteiger partial charge in [0.15, 0.2) is 0 Å². The smallest absolute Gasteiger partial charge is 0.311 e. The molecule has 0 radical (unpaired) electrons. The quantitative estimate of drug-likeness (QED) is 0.804. The van der Waals surface area contributed by atoms with E-state index in [-0.39, 0.29) is 29.6 Å². The molecule has 2 N–H and O–H groups in total. The molecular formula is C17H21N3O5S. The second kappa shape index (κ2) is 6.39. The molecule has 1 aromatic carbocycles. The molecule has 0 aromatic heterocycles. The molecule has 0 saturated carbocycles. The summed E-state index contributed by atoms with van der Waals surface area (Å²) in [6.45, 7) is 3.95. The summed E-state index contributed by atoms with van der Waals surface area (Å²) in [5.41, 5.74) is -0.420. The second-order valence-electron chi connectivity index (χ2n) is 7.06. The van der Waals surface area contributed by atoms with E-state index in [0.717, 1.165) is 0 Å². The Labute approximate surface area is 152 Å². The maximum Gasteiger partial charge on any atom is 0.311 e. The van der Waals surface area contributed by atoms with Gasteiger partial charge in [0.25, 0.3) is 10.0 Å². The molecule has 2 heterocycles. The van der Waals surface area contributed by atoms with Crippen molar-refractivity contribution in [1.82, 2.24) is 9.62 Å². The predicted octanol–water partition coefficient (Wildman–Crippen LogP) is 0.827. The molecule has 9 heteroatoms. The fourth-order valence-corrected chi connectivity index (χ4v) is 4.47. The molecule has 26 heavy (non-hydrogen) atoms. The molecule has 1 fully saturated rings. The molecule has 2 atom stereocenters. The van der Waals surface area contributed by atoms with Gasteiger partial charge in [-0.25, -0.2) is 8.42 Å². The predicted molar refractivity (Wildman–Crippen MR) is 94.3 cm³/mol. The number of amides is 1. The molecule has 0 spiro atoms. The molecule has 2 aliphatic rings. The molecule has 0 aliphatic carbocycles. The van der Waals surface area contributed by atoms with Crippen LogP contribution in [0.4, 0.5) is 0 Å². The highest BCUT2D eigenvalue weighted by Gasteiger charge is 2.42. The number of carboxylic acid groups (broad SMARTS) is 1. The first-order valence-electron chi connectivity index (χ1n) is 8.33. The Kier molecular flexibility index (Phi) is 4.51. The van der Waals surface area contributed by atoms with E-state index >= 15 is 0 Å². The van der Waals surface area contributed by atoms with Crippen molar-refractivity contribution in [2.24, 2.45) is 10.4 Å². The van der Waals surface area contributed by atoms with E-state index in [0.29, 0.717) is 18.5 Å². The van der Waals surface area contributed by atoms with Crippen LogP contribution in [-0.2, 0) is 19.6 Å². The van der Waals surface area contributed by atoms with Crippen molar-refractivity contribution < 1.29 is 23.1 Å². The number of carbonyl (C=O) groups excluding carboxylic acids is 1. The number of nitrogens with one attached hydrogen (secondary N) is 1. The van der Waals surface area contributed by atoms with E-state index in [1.54, 1.807) is 32.0 Å². The minimum atomic E-state index is -3.61. The van der Waals surface area contributed by atoms with Crippen LogP contribution in [0, 0.1) is 5.41 Å². The van der Waals surface area contributed by atoms with Crippen LogP contribution < -0.4 is 4.72 Å². The summed E-state index contributed by atoms with van der Waals surface area (Å²) < 4.78 is 26.6. The largest absolute Gasteiger partial charge is 0.481 e. The molecular weight excluding hydrogens is 358 g/mol. The van der Waals surface area contributed by atoms with Gasteiger partial charge in [-0.05, 0) is 32.4 Å². The van der Waals surface area contributed by atoms with Crippen LogP contribution in [0.25, 0.3) is 0 Å². The third-order valence-corrected chi connectivity index (χ3v) is 6.22. The van der Waals surface area contributed by atoms with Crippen LogP contribution in [0.5, 0.6) is 0 Å². The number of benzene rings is 1. The van der Waals surface area contributed by atoms with Gasteiger partial charge in [0.2, 0.25) is 5.91 Å². The van der Waals surface area contributed by atoms with Gasteiger partial charge >= 0.3 is 5.97 Å². The average Bonchev–Trinajstić information content (AvgIpc) is 3.08. The van der Waals surface area contributed by atoms with Crippen molar-refractivity contribution in [3.8, 4) is 0 Å². The van der Waals surface area contributed by atoms with Crippen LogP contribution in [0.2, 0.25) is 0 Å². The molecule has 140 valence electrons. The summed E-state index contributed by atoms with van der Waals surface area (Å²) in [5, 5.41) is 9.26. The normalized spacial score (nSPS) is 26.4. The first kappa shape index (κ1) is 18.4. The summed E-state index contributed by atoms with van der Waals surface area (Å²) in [5.74, 6) is -0.850. The number of sulfonamides is 1. The van der Waals surface area contributed by atoms with E-state index in [9.17, 15) is 23.1 Å². The minimum Gasteiger partial charge on any atom is -0.481 e. The van der Waals surface area contributed by atoms with Crippen molar-refractivity contribution in [3.05, 3.63) is 29.8 Å². The Hall–Kier alpha value is -2.42. The van der Waals surface area contributed by atoms with Gasteiger partial charge < -0.3 is 10.0 Å². The Morgan fingerprint density at radius 2 is 2.08 bits per heavy atom. The summed E-state index contributed by atoms with van der Waals surface area (Å²) in [4.78, 5) is 29.8. The van der Waals surface area contributed by atoms with E-state index in [4.69, 9.17) is 0 Å². The topological polar surface area (TPSA) is 116 Å². The molecule has 1 saturated heterocycles. The van der Waals surface area contributed by atoms with Gasteiger partial charge in [0, 0.05) is 25.1 Å². The number of fused-ring (bicyclic) bond motifs is 1. The zero-order valence-electron chi connectivity index (χ0n) is 14.6. The number of hydrogen-bond donors (Lipinski definition) is 2. The highest BCUT2D eigenvalue weighted by molar-refractivity contribution is 7.90. The lowest BCUT2D eigenvalue weighted by Crippen LogP contribution is -2.36. The molecule has 8 nitrogen and oxygen atoms in total. The highest BCUT2D eigenvalue weighted by atomic mass is 32.2. The standard InChI is InChI=1S/C17H21N3O5S/c1-11(9-14(21)20-8-7-17(2,10-20)16(22)23)18-15-12-5-3-4-6-13(12)26(24,25)19-15/h3-6,11H,7-10H2,1-2H3,(H,18,19)(H,22,23). The Balaban J connectivity index is 1.70. The summed E-state index contributed by atoms with van der Waals surface area (Å²) >= 11 is 0. The number of carboxylic acids is 1. The number of aliphatic imine (C=N–C) groups is 1. The molecule has 3 rings (SSSR count). The first-order valence-corrected chi connectivity index (χ1v) is 9.82. The third-order valence-electron chi connectivity index (χ3n) is 4.82. The van der Waals surface area contributed by atoms with E-state index in [1.807, 2.05) is 0 Å². The first-order chi connectivity index (χ1) is 12.1. The molecule has 2 aliphatic heterocycles. The van der Waals surface area contributed by atoms with Crippen molar-refractivity contribution in [2.75, 3.05) is 13.1 Å². The number of aliphatic carboxylic acids is 1. The van der Waals surface area contributed by atoms with E-state index in [2.05, 4.69) is 9.71 Å². The van der Waals surface area contributed by atoms with Gasteiger partial charge in [-0.2, -0.15) is 0 Å². The Morgan fingerprint density at radius 1 is 1.38 bits per heavy atom. The van der Waals surface area contributed by atoms with Crippen LogP contribution in [0.1, 0.15) is 32.3 Å². The lowest BCUT2D eigenvalue weighted by molar-refractivity contribution is -0.147. The fourth-order valence-electron chi connectivity index (χ4n) is 3.23. The Morgan fingerprint density at radius 3 is 2.73 bits per heavy atom. The number of nitrogens with zero attached hydrogens (tertiary/aromatic N) is 2. The molecule has 1 amide bonds. The van der Waals surface area contributed by atoms with Gasteiger partial charge in [0.05, 0.1) is 16.4 Å². The van der Waals surface area contributed by atoms with Crippen LogP contribution in [0.3, 0.4) is 0 Å². The van der Waals surface area contributed by atoms with E-state index in [1.165, 1.54) is 11.0 Å². The minimum absolute atomic E-state index is 0.0864. The van der Waals surface area contributed by atoms with Crippen LogP contribution in [-0.4, -0.2) is 55.3 Å². The van der Waals surface area contributed by atoms with Crippen molar-refractivity contribution in [3.63, 3.8) is 0 Å². The number of rotatable bonds is 4. The van der Waals surface area contributed by atoms with Gasteiger partial charge in [-0.15, -0.1) is 0 Å². The molecule has 0 bridgehead atoms.